The van der Waals surface area contributed by atoms with Crippen LogP contribution >= 0.6 is 0 Å². The molecule has 3 aromatic carbocycles. The first-order chi connectivity index (χ1) is 12.7. The Morgan fingerprint density at radius 3 is 2.19 bits per heavy atom. The van der Waals surface area contributed by atoms with Gasteiger partial charge < -0.3 is 9.72 Å². The zero-order valence-electron chi connectivity index (χ0n) is 13.8. The number of carbonyl (C=O) groups excluding carboxylic acids is 1. The number of aromatic nitrogens is 1. The lowest BCUT2D eigenvalue weighted by atomic mass is 10.1. The van der Waals surface area contributed by atoms with E-state index in [1.165, 1.54) is 6.07 Å². The zero-order valence-corrected chi connectivity index (χ0v) is 13.8. The Labute approximate surface area is 149 Å². The second kappa shape index (κ2) is 6.69. The molecule has 1 heterocycles. The van der Waals surface area contributed by atoms with E-state index >= 15 is 0 Å². The Balaban J connectivity index is 1.62. The average molecular weight is 341 g/mol. The van der Waals surface area contributed by atoms with Crippen LogP contribution in [0.3, 0.4) is 0 Å². The van der Waals surface area contributed by atoms with Crippen molar-refractivity contribution in [1.82, 2.24) is 4.98 Å². The molecule has 0 aliphatic carbocycles. The van der Waals surface area contributed by atoms with Gasteiger partial charge in [0.25, 0.3) is 0 Å². The molecule has 0 bridgehead atoms. The molecule has 4 nitrogen and oxygen atoms in total. The van der Waals surface area contributed by atoms with Gasteiger partial charge in [0, 0.05) is 17.0 Å². The summed E-state index contributed by atoms with van der Waals surface area (Å²) in [6.45, 7) is 0. The quantitative estimate of drug-likeness (QED) is 0.443. The van der Waals surface area contributed by atoms with Gasteiger partial charge in [0.2, 0.25) is 5.56 Å². The number of rotatable bonds is 3. The van der Waals surface area contributed by atoms with Crippen molar-refractivity contribution in [3.8, 4) is 16.9 Å². The van der Waals surface area contributed by atoms with Crippen LogP contribution in [0.4, 0.5) is 0 Å². The first-order valence-electron chi connectivity index (χ1n) is 8.20. The summed E-state index contributed by atoms with van der Waals surface area (Å²) in [5.74, 6) is -0.126. The van der Waals surface area contributed by atoms with Gasteiger partial charge in [-0.25, -0.2) is 4.79 Å². The van der Waals surface area contributed by atoms with Crippen LogP contribution in [-0.2, 0) is 0 Å². The number of esters is 1. The number of hydrogen-bond donors (Lipinski definition) is 1. The van der Waals surface area contributed by atoms with Gasteiger partial charge >= 0.3 is 5.97 Å². The fraction of sp³-hybridized carbons (Fsp3) is 0. The highest BCUT2D eigenvalue weighted by atomic mass is 16.5. The minimum absolute atomic E-state index is 0.247. The van der Waals surface area contributed by atoms with E-state index < -0.39 is 5.97 Å². The third kappa shape index (κ3) is 3.13. The van der Waals surface area contributed by atoms with Crippen LogP contribution in [0.25, 0.3) is 22.0 Å². The first-order valence-corrected chi connectivity index (χ1v) is 8.20. The summed E-state index contributed by atoms with van der Waals surface area (Å²) in [5, 5.41) is 0.651. The Hall–Kier alpha value is -3.66. The summed E-state index contributed by atoms with van der Waals surface area (Å²) in [6, 6.07) is 25.6. The molecule has 4 rings (SSSR count). The van der Waals surface area contributed by atoms with Gasteiger partial charge in [-0.3, -0.25) is 4.79 Å². The lowest BCUT2D eigenvalue weighted by Gasteiger charge is -2.08. The maximum absolute atomic E-state index is 12.6. The summed E-state index contributed by atoms with van der Waals surface area (Å²) in [4.78, 5) is 27.1. The monoisotopic (exact) mass is 341 g/mol. The third-order valence-electron chi connectivity index (χ3n) is 4.14. The molecule has 4 aromatic rings. The number of H-pyrrole nitrogens is 1. The number of para-hydroxylation sites is 1. The molecule has 0 atom stereocenters. The van der Waals surface area contributed by atoms with Crippen LogP contribution in [0.15, 0.2) is 89.7 Å². The molecule has 0 aliphatic heterocycles. The Morgan fingerprint density at radius 2 is 1.42 bits per heavy atom. The van der Waals surface area contributed by atoms with E-state index in [9.17, 15) is 9.59 Å². The van der Waals surface area contributed by atoms with E-state index in [1.807, 2.05) is 48.5 Å². The topological polar surface area (TPSA) is 59.2 Å². The molecule has 26 heavy (non-hydrogen) atoms. The molecule has 0 saturated heterocycles. The lowest BCUT2D eigenvalue weighted by Crippen LogP contribution is -2.14. The number of benzene rings is 3. The average Bonchev–Trinajstić information content (AvgIpc) is 2.68. The van der Waals surface area contributed by atoms with Gasteiger partial charge in [-0.15, -0.1) is 0 Å². The fourth-order valence-electron chi connectivity index (χ4n) is 2.88. The zero-order chi connectivity index (χ0) is 17.9. The third-order valence-corrected chi connectivity index (χ3v) is 4.14. The van der Waals surface area contributed by atoms with Crippen LogP contribution in [0.1, 0.15) is 10.4 Å². The molecule has 0 amide bonds. The largest absolute Gasteiger partial charge is 0.423 e. The molecule has 1 aromatic heterocycles. The van der Waals surface area contributed by atoms with Gasteiger partial charge in [-0.2, -0.15) is 0 Å². The molecule has 0 spiro atoms. The lowest BCUT2D eigenvalue weighted by molar-refractivity contribution is 0.0736. The van der Waals surface area contributed by atoms with Crippen molar-refractivity contribution in [3.63, 3.8) is 0 Å². The summed E-state index contributed by atoms with van der Waals surface area (Å²) < 4.78 is 5.46. The van der Waals surface area contributed by atoms with Gasteiger partial charge in [-0.1, -0.05) is 60.7 Å². The Morgan fingerprint density at radius 1 is 0.769 bits per heavy atom. The van der Waals surface area contributed by atoms with Crippen molar-refractivity contribution >= 4 is 16.9 Å². The highest BCUT2D eigenvalue weighted by Crippen LogP contribution is 2.23. The van der Waals surface area contributed by atoms with Crippen molar-refractivity contribution in [2.45, 2.75) is 0 Å². The number of aromatic amines is 1. The second-order valence-corrected chi connectivity index (χ2v) is 5.87. The highest BCUT2D eigenvalue weighted by molar-refractivity contribution is 6.04. The second-order valence-electron chi connectivity index (χ2n) is 5.87. The molecule has 0 unspecified atom stereocenters. The first kappa shape index (κ1) is 15.8. The maximum atomic E-state index is 12.6. The molecular weight excluding hydrogens is 326 g/mol. The number of pyridine rings is 1. The number of ether oxygens (including phenoxy) is 1. The van der Waals surface area contributed by atoms with Crippen LogP contribution in [0, 0.1) is 0 Å². The fourth-order valence-corrected chi connectivity index (χ4v) is 2.88. The smallest absolute Gasteiger partial charge is 0.344 e. The van der Waals surface area contributed by atoms with Crippen LogP contribution in [0.5, 0.6) is 5.75 Å². The predicted octanol–water partition coefficient (Wildman–Crippen LogP) is 4.41. The molecular formula is C22H15NO3. The van der Waals surface area contributed by atoms with E-state index in [-0.39, 0.29) is 11.1 Å². The van der Waals surface area contributed by atoms with E-state index in [4.69, 9.17) is 4.74 Å². The molecule has 4 heteroatoms. The van der Waals surface area contributed by atoms with Gasteiger partial charge in [0.05, 0.1) is 5.56 Å². The summed E-state index contributed by atoms with van der Waals surface area (Å²) in [5.41, 5.74) is 2.64. The van der Waals surface area contributed by atoms with E-state index in [0.29, 0.717) is 16.7 Å². The van der Waals surface area contributed by atoms with Crippen LogP contribution < -0.4 is 10.3 Å². The highest BCUT2D eigenvalue weighted by Gasteiger charge is 2.14. The minimum Gasteiger partial charge on any atom is -0.423 e. The van der Waals surface area contributed by atoms with Gasteiger partial charge in [-0.05, 0) is 29.3 Å². The maximum Gasteiger partial charge on any atom is 0.344 e. The van der Waals surface area contributed by atoms with Crippen molar-refractivity contribution in [2.75, 3.05) is 0 Å². The summed E-state index contributed by atoms with van der Waals surface area (Å²) >= 11 is 0. The molecule has 0 aliphatic rings. The van der Waals surface area contributed by atoms with Crippen LogP contribution in [0.2, 0.25) is 0 Å². The van der Waals surface area contributed by atoms with E-state index in [0.717, 1.165) is 11.1 Å². The number of hydrogen-bond acceptors (Lipinski definition) is 3. The van der Waals surface area contributed by atoms with E-state index in [2.05, 4.69) is 4.98 Å². The Kier molecular flexibility index (Phi) is 4.07. The Bertz CT molecular complexity index is 1130. The predicted molar refractivity (Wildman–Crippen MR) is 101 cm³/mol. The van der Waals surface area contributed by atoms with Crippen molar-refractivity contribution < 1.29 is 9.53 Å². The molecule has 0 fully saturated rings. The summed E-state index contributed by atoms with van der Waals surface area (Å²) in [6.07, 6.45) is 0. The summed E-state index contributed by atoms with van der Waals surface area (Å²) in [7, 11) is 0. The SMILES string of the molecule is O=C(Oc1ccc(-c2ccccc2)cc1)c1cc(=O)[nH]c2ccccc12. The number of carbonyl (C=O) groups is 1. The molecule has 126 valence electrons. The van der Waals surface area contributed by atoms with Crippen LogP contribution in [-0.4, -0.2) is 11.0 Å². The van der Waals surface area contributed by atoms with Crippen molar-refractivity contribution in [3.05, 3.63) is 101 Å². The number of nitrogens with one attached hydrogen (secondary N) is 1. The van der Waals surface area contributed by atoms with Gasteiger partial charge in [0.1, 0.15) is 5.75 Å². The van der Waals surface area contributed by atoms with Crippen molar-refractivity contribution in [1.29, 1.82) is 0 Å². The minimum atomic E-state index is -0.556. The van der Waals surface area contributed by atoms with E-state index in [1.54, 1.807) is 30.3 Å². The normalized spacial score (nSPS) is 10.6. The molecule has 0 radical (unpaired) electrons. The number of fused-ring (bicyclic) bond motifs is 1. The van der Waals surface area contributed by atoms with Gasteiger partial charge in [0.15, 0.2) is 0 Å². The van der Waals surface area contributed by atoms with Crippen molar-refractivity contribution in [2.24, 2.45) is 0 Å². The molecule has 0 saturated carbocycles. The molecule has 1 N–H and O–H groups in total. The standard InChI is InChI=1S/C22H15NO3/c24-21-14-19(18-8-4-5-9-20(18)23-21)22(25)26-17-12-10-16(11-13-17)15-6-2-1-3-7-15/h1-14H,(H,23,24).